The van der Waals surface area contributed by atoms with E-state index in [-0.39, 0.29) is 23.1 Å². The van der Waals surface area contributed by atoms with Crippen LogP contribution in [-0.2, 0) is 20.6 Å². The molecule has 222 valence electrons. The second-order valence-electron chi connectivity index (χ2n) is 10.6. The molecule has 0 fully saturated rings. The molecule has 6 rings (SSSR count). The van der Waals surface area contributed by atoms with Gasteiger partial charge >= 0.3 is 0 Å². The highest BCUT2D eigenvalue weighted by Gasteiger charge is 2.21. The van der Waals surface area contributed by atoms with Gasteiger partial charge in [0.25, 0.3) is 17.4 Å². The van der Waals surface area contributed by atoms with Gasteiger partial charge in [-0.05, 0) is 62.2 Å². The first-order valence-electron chi connectivity index (χ1n) is 14.1. The number of hydrogen-bond donors (Lipinski definition) is 2. The van der Waals surface area contributed by atoms with Crippen molar-refractivity contribution in [1.82, 2.24) is 23.8 Å². The molecule has 44 heavy (non-hydrogen) atoms. The number of rotatable bonds is 7. The van der Waals surface area contributed by atoms with Crippen LogP contribution in [0, 0.1) is 13.8 Å². The van der Waals surface area contributed by atoms with Gasteiger partial charge in [0, 0.05) is 54.9 Å². The highest BCUT2D eigenvalue weighted by molar-refractivity contribution is 6.12. The summed E-state index contributed by atoms with van der Waals surface area (Å²) in [6.45, 7) is 6.23. The molecule has 2 amide bonds. The third kappa shape index (κ3) is 5.19. The van der Waals surface area contributed by atoms with Crippen molar-refractivity contribution >= 4 is 34.2 Å². The van der Waals surface area contributed by atoms with Crippen LogP contribution in [0.1, 0.15) is 39.2 Å². The number of imidazole rings is 1. The molecule has 0 saturated carbocycles. The molecule has 0 aliphatic carbocycles. The van der Waals surface area contributed by atoms with Crippen molar-refractivity contribution in [2.24, 2.45) is 14.1 Å². The summed E-state index contributed by atoms with van der Waals surface area (Å²) in [7, 11) is 3.41. The number of nitrogens with one attached hydrogen (secondary N) is 2. The Balaban J connectivity index is 1.32. The van der Waals surface area contributed by atoms with E-state index in [0.29, 0.717) is 46.1 Å². The largest absolute Gasteiger partial charge is 0.381 e. The fraction of sp³-hybridized carbons (Fsp3) is 0.182. The number of aryl methyl sites for hydroxylation is 5. The van der Waals surface area contributed by atoms with Gasteiger partial charge in [-0.15, -0.1) is 0 Å². The number of fused-ring (bicyclic) bond motifs is 1. The molecule has 0 aliphatic rings. The predicted molar refractivity (Wildman–Crippen MR) is 169 cm³/mol. The molecule has 0 atom stereocenters. The Hall–Kier alpha value is -5.71. The molecule has 11 heteroatoms. The second-order valence-corrected chi connectivity index (χ2v) is 10.6. The monoisotopic (exact) mass is 589 g/mol. The smallest absolute Gasteiger partial charge is 0.290 e. The summed E-state index contributed by atoms with van der Waals surface area (Å²) in [5.74, 6) is 0.269. The van der Waals surface area contributed by atoms with Crippen molar-refractivity contribution in [3.05, 3.63) is 106 Å². The first-order chi connectivity index (χ1) is 21.1. The average Bonchev–Trinajstić information content (AvgIpc) is 3.66. The predicted octanol–water partition coefficient (Wildman–Crippen LogP) is 5.54. The number of pyridine rings is 1. The Morgan fingerprint density at radius 2 is 1.68 bits per heavy atom. The number of carbonyl (C=O) groups excluding carboxylic acids is 2. The molecule has 0 radical (unpaired) electrons. The van der Waals surface area contributed by atoms with Gasteiger partial charge < -0.3 is 24.3 Å². The molecule has 0 spiro atoms. The maximum Gasteiger partial charge on any atom is 0.290 e. The molecule has 4 heterocycles. The Morgan fingerprint density at radius 1 is 0.932 bits per heavy atom. The topological polar surface area (TPSA) is 129 Å². The van der Waals surface area contributed by atoms with E-state index in [1.807, 2.05) is 57.3 Å². The first-order valence-corrected chi connectivity index (χ1v) is 14.1. The van der Waals surface area contributed by atoms with E-state index in [9.17, 15) is 14.4 Å². The van der Waals surface area contributed by atoms with Crippen LogP contribution in [0.15, 0.2) is 82.5 Å². The summed E-state index contributed by atoms with van der Waals surface area (Å²) in [6, 6.07) is 18.4. The SMILES string of the molecule is CCn1c(-c2ccc(-c3c(C)on(C)c3=O)cc2)cc2cc(C)nc(C(=O)Nc3cccc(C(=O)Nc4cn(C)cn4)c3)c21. The summed E-state index contributed by atoms with van der Waals surface area (Å²) in [4.78, 5) is 47.8. The lowest BCUT2D eigenvalue weighted by atomic mass is 10.0. The number of amides is 2. The van der Waals surface area contributed by atoms with Gasteiger partial charge in [0.15, 0.2) is 11.5 Å². The van der Waals surface area contributed by atoms with Crippen molar-refractivity contribution in [3.8, 4) is 22.4 Å². The zero-order chi connectivity index (χ0) is 31.1. The van der Waals surface area contributed by atoms with Crippen LogP contribution in [0.4, 0.5) is 11.5 Å². The standard InChI is InChI=1S/C33H31N7O4/c1-6-40-26(21-10-12-22(13-11-21)28-20(3)44-39(5)33(28)43)16-24-14-19(2)35-29(30(24)40)32(42)36-25-9-7-8-23(15-25)31(41)37-27-17-38(4)18-34-27/h7-18H,6H2,1-5H3,(H,36,42)(H,37,41). The van der Waals surface area contributed by atoms with Gasteiger partial charge in [-0.25, -0.2) is 9.97 Å². The molecule has 0 bridgehead atoms. The number of anilines is 2. The quantitative estimate of drug-likeness (QED) is 0.252. The Labute approximate surface area is 252 Å². The molecule has 11 nitrogen and oxygen atoms in total. The highest BCUT2D eigenvalue weighted by atomic mass is 16.5. The average molecular weight is 590 g/mol. The van der Waals surface area contributed by atoms with E-state index in [1.54, 1.807) is 55.3 Å². The summed E-state index contributed by atoms with van der Waals surface area (Å²) < 4.78 is 10.5. The van der Waals surface area contributed by atoms with E-state index in [2.05, 4.69) is 25.2 Å². The second kappa shape index (κ2) is 11.2. The van der Waals surface area contributed by atoms with Crippen LogP contribution in [-0.4, -0.2) is 35.7 Å². The van der Waals surface area contributed by atoms with E-state index in [4.69, 9.17) is 4.52 Å². The molecule has 4 aromatic heterocycles. The first kappa shape index (κ1) is 28.4. The zero-order valence-electron chi connectivity index (χ0n) is 25.0. The van der Waals surface area contributed by atoms with Crippen LogP contribution >= 0.6 is 0 Å². The van der Waals surface area contributed by atoms with Crippen molar-refractivity contribution in [3.63, 3.8) is 0 Å². The zero-order valence-corrected chi connectivity index (χ0v) is 25.0. The third-order valence-corrected chi connectivity index (χ3v) is 7.46. The van der Waals surface area contributed by atoms with Crippen LogP contribution < -0.4 is 16.2 Å². The third-order valence-electron chi connectivity index (χ3n) is 7.46. The molecular formula is C33H31N7O4. The Kier molecular flexibility index (Phi) is 7.22. The van der Waals surface area contributed by atoms with E-state index >= 15 is 0 Å². The molecule has 2 aromatic carbocycles. The minimum absolute atomic E-state index is 0.186. The fourth-order valence-electron chi connectivity index (χ4n) is 5.49. The van der Waals surface area contributed by atoms with Crippen LogP contribution in [0.25, 0.3) is 33.3 Å². The van der Waals surface area contributed by atoms with Crippen LogP contribution in [0.2, 0.25) is 0 Å². The number of aromatic nitrogens is 5. The van der Waals surface area contributed by atoms with Crippen molar-refractivity contribution < 1.29 is 14.1 Å². The molecule has 6 aromatic rings. The molecule has 0 aliphatic heterocycles. The minimum atomic E-state index is -0.387. The van der Waals surface area contributed by atoms with Crippen LogP contribution in [0.3, 0.4) is 0 Å². The van der Waals surface area contributed by atoms with E-state index < -0.39 is 0 Å². The lowest BCUT2D eigenvalue weighted by molar-refractivity contribution is 0.101. The van der Waals surface area contributed by atoms with Crippen molar-refractivity contribution in [2.75, 3.05) is 10.6 Å². The lowest BCUT2D eigenvalue weighted by Gasteiger charge is -2.12. The number of benzene rings is 2. The normalized spacial score (nSPS) is 11.2. The van der Waals surface area contributed by atoms with E-state index in [1.165, 1.54) is 4.74 Å². The van der Waals surface area contributed by atoms with Gasteiger partial charge in [0.2, 0.25) is 0 Å². The summed E-state index contributed by atoms with van der Waals surface area (Å²) >= 11 is 0. The maximum atomic E-state index is 13.7. The summed E-state index contributed by atoms with van der Waals surface area (Å²) in [6.07, 6.45) is 3.30. The molecule has 0 unspecified atom stereocenters. The maximum absolute atomic E-state index is 13.7. The number of carbonyl (C=O) groups is 2. The van der Waals surface area contributed by atoms with Gasteiger partial charge in [0.1, 0.15) is 5.76 Å². The van der Waals surface area contributed by atoms with Gasteiger partial charge in [-0.1, -0.05) is 30.3 Å². The van der Waals surface area contributed by atoms with Gasteiger partial charge in [-0.2, -0.15) is 4.74 Å². The fourth-order valence-corrected chi connectivity index (χ4v) is 5.49. The van der Waals surface area contributed by atoms with Crippen molar-refractivity contribution in [2.45, 2.75) is 27.3 Å². The highest BCUT2D eigenvalue weighted by Crippen LogP contribution is 2.32. The van der Waals surface area contributed by atoms with Gasteiger partial charge in [-0.3, -0.25) is 14.4 Å². The summed E-state index contributed by atoms with van der Waals surface area (Å²) in [5, 5.41) is 6.56. The minimum Gasteiger partial charge on any atom is -0.381 e. The van der Waals surface area contributed by atoms with Gasteiger partial charge in [0.05, 0.1) is 17.4 Å². The lowest BCUT2D eigenvalue weighted by Crippen LogP contribution is -2.17. The molecule has 0 saturated heterocycles. The van der Waals surface area contributed by atoms with Crippen LogP contribution in [0.5, 0.6) is 0 Å². The Morgan fingerprint density at radius 3 is 2.34 bits per heavy atom. The summed E-state index contributed by atoms with van der Waals surface area (Å²) in [5.41, 5.74) is 5.50. The number of hydrogen-bond acceptors (Lipinski definition) is 6. The van der Waals surface area contributed by atoms with Crippen molar-refractivity contribution in [1.29, 1.82) is 0 Å². The van der Waals surface area contributed by atoms with E-state index in [0.717, 1.165) is 22.2 Å². The molecule has 2 N–H and O–H groups in total. The number of nitrogens with zero attached hydrogens (tertiary/aromatic N) is 5. The Bertz CT molecular complexity index is 2110. The molecular weight excluding hydrogens is 558 g/mol.